The number of cyclic esters (lactones) is 1. The maximum absolute atomic E-state index is 14.9. The summed E-state index contributed by atoms with van der Waals surface area (Å²) in [5, 5.41) is 77.2. The number of aliphatic hydroxyl groups excluding tert-OH is 1. The van der Waals surface area contributed by atoms with Crippen LogP contribution in [0.3, 0.4) is 0 Å². The van der Waals surface area contributed by atoms with Gasteiger partial charge >= 0.3 is 29.8 Å². The summed E-state index contributed by atoms with van der Waals surface area (Å²) >= 11 is 0. The van der Waals surface area contributed by atoms with Crippen molar-refractivity contribution in [2.45, 2.75) is 236 Å². The first-order chi connectivity index (χ1) is 54.0. The third-order valence-electron chi connectivity index (χ3n) is 18.6. The number of nitrogens with two attached hydrogens (primary N) is 3. The number of hydrogen-bond donors (Lipinski definition) is 21. The number of aromatic amines is 1. The van der Waals surface area contributed by atoms with E-state index < -0.39 is 267 Å². The van der Waals surface area contributed by atoms with Gasteiger partial charge in [0.2, 0.25) is 88.6 Å². The van der Waals surface area contributed by atoms with Gasteiger partial charge < -0.3 is 121 Å². The molecular weight excluding hydrogens is 1520 g/mol. The Balaban J connectivity index is 2.24. The quantitative estimate of drug-likeness (QED) is 0.0223. The van der Waals surface area contributed by atoms with Crippen molar-refractivity contribution in [3.05, 3.63) is 36.0 Å². The number of nitrogens with one attached hydrogen (secondary N) is 13. The number of rotatable bonds is 36. The van der Waals surface area contributed by atoms with Crippen LogP contribution in [0.25, 0.3) is 10.9 Å². The highest BCUT2D eigenvalue weighted by atomic mass is 16.5. The van der Waals surface area contributed by atoms with E-state index in [9.17, 15) is 121 Å². The van der Waals surface area contributed by atoms with Gasteiger partial charge in [0.15, 0.2) is 6.10 Å². The first-order valence-electron chi connectivity index (χ1n) is 37.4. The highest BCUT2D eigenvalue weighted by molar-refractivity contribution is 6.02. The molecule has 1 saturated heterocycles. The van der Waals surface area contributed by atoms with Gasteiger partial charge in [0.25, 0.3) is 0 Å². The third-order valence-corrected chi connectivity index (χ3v) is 18.6. The van der Waals surface area contributed by atoms with Gasteiger partial charge in [0.1, 0.15) is 72.6 Å². The smallest absolute Gasteiger partial charge is 0.335 e. The molecule has 15 amide bonds. The number of fused-ring (bicyclic) bond motifs is 1. The zero-order chi connectivity index (χ0) is 86.7. The Labute approximate surface area is 660 Å². The van der Waals surface area contributed by atoms with Crippen molar-refractivity contribution in [3.8, 4) is 0 Å². The van der Waals surface area contributed by atoms with Crippen LogP contribution in [0, 0.1) is 17.8 Å². The van der Waals surface area contributed by atoms with Gasteiger partial charge in [-0.15, -0.1) is 0 Å². The van der Waals surface area contributed by atoms with Crippen LogP contribution in [0.15, 0.2) is 30.5 Å². The number of likely N-dealkylation sites (N-methyl/N-ethyl adjacent to an activating group) is 1. The number of carbonyl (C=O) groups excluding carboxylic acids is 16. The number of aromatic nitrogens is 1. The minimum absolute atomic E-state index is 0.000636. The molecule has 115 heavy (non-hydrogen) atoms. The van der Waals surface area contributed by atoms with E-state index in [1.165, 1.54) is 13.8 Å². The van der Waals surface area contributed by atoms with Crippen molar-refractivity contribution in [2.24, 2.45) is 35.0 Å². The Morgan fingerprint density at radius 3 is 1.80 bits per heavy atom. The lowest BCUT2D eigenvalue weighted by molar-refractivity contribution is -0.159. The lowest BCUT2D eigenvalue weighted by Crippen LogP contribution is -2.62. The van der Waals surface area contributed by atoms with E-state index >= 15 is 0 Å². The summed E-state index contributed by atoms with van der Waals surface area (Å²) in [6, 6.07) is -15.1. The molecule has 1 aromatic heterocycles. The molecule has 43 nitrogen and oxygen atoms in total. The molecule has 1 aliphatic rings. The SMILES string of the molecule is CCC(C)CCCCCCC(=O)NC(Cc1c[nH]c2ccccc12)C(=O)NC(CCC(=O)O)C(=O)NC(CC(N)=O)C(=O)NC1C(=O)N(C)CC(=O)NC(C)C(=O)NC(CC(=O)O)C(=O)NC(CCCCN)C(=O)NC(C(O)C(=O)O)C(=O)NCC(=O)NC(CC(N)=O)C(=O)NC(C(C)CC(=O)O)C(=O)NC(C(C)C)C(=O)OC1C. The summed E-state index contributed by atoms with van der Waals surface area (Å²) in [5.74, 6) is -30.0. The molecule has 1 fully saturated rings. The fraction of sp³-hybridized carbons (Fsp3) is 0.611. The van der Waals surface area contributed by atoms with Gasteiger partial charge in [-0.1, -0.05) is 84.9 Å². The van der Waals surface area contributed by atoms with E-state index in [1.807, 2.05) is 16.0 Å². The molecule has 0 bridgehead atoms. The van der Waals surface area contributed by atoms with E-state index in [0.717, 1.165) is 53.5 Å². The van der Waals surface area contributed by atoms with Gasteiger partial charge in [-0.25, -0.2) is 9.59 Å². The number of benzene rings is 1. The zero-order valence-corrected chi connectivity index (χ0v) is 65.3. The number of carboxylic acids is 4. The second kappa shape index (κ2) is 48.2. The molecule has 2 heterocycles. The maximum atomic E-state index is 14.9. The fourth-order valence-corrected chi connectivity index (χ4v) is 11.9. The molecule has 0 radical (unpaired) electrons. The Hall–Kier alpha value is -11.9. The van der Waals surface area contributed by atoms with Crippen LogP contribution in [0.5, 0.6) is 0 Å². The summed E-state index contributed by atoms with van der Waals surface area (Å²) in [6.45, 7) is 7.64. The number of para-hydroxylation sites is 1. The molecule has 2 aromatic rings. The molecule has 1 aliphatic heterocycles. The highest BCUT2D eigenvalue weighted by Gasteiger charge is 2.42. The van der Waals surface area contributed by atoms with Crippen molar-refractivity contribution < 1.29 is 126 Å². The molecule has 0 saturated carbocycles. The summed E-state index contributed by atoms with van der Waals surface area (Å²) in [4.78, 5) is 276. The number of aliphatic hydroxyl groups is 1. The number of primary amides is 2. The van der Waals surface area contributed by atoms with Crippen LogP contribution < -0.4 is 81.0 Å². The van der Waals surface area contributed by atoms with Crippen molar-refractivity contribution in [2.75, 3.05) is 26.7 Å². The number of carboxylic acid groups (broad SMARTS) is 4. The number of amides is 15. The van der Waals surface area contributed by atoms with Crippen LogP contribution in [0.4, 0.5) is 0 Å². The number of hydrogen-bond acceptors (Lipinski definition) is 23. The van der Waals surface area contributed by atoms with Crippen LogP contribution in [0.2, 0.25) is 0 Å². The molecular formula is C72H109N17O26. The van der Waals surface area contributed by atoms with E-state index in [0.29, 0.717) is 40.1 Å². The van der Waals surface area contributed by atoms with Crippen molar-refractivity contribution >= 4 is 129 Å². The number of carbonyl (C=O) groups is 20. The number of ether oxygens (including phenoxy) is 1. The molecule has 15 unspecified atom stereocenters. The number of esters is 1. The maximum Gasteiger partial charge on any atom is 0.335 e. The standard InChI is InChI=1S/C72H109N17O26/c1-9-35(4)18-12-10-11-13-22-50(92)79-44(27-39-31-76-41-20-15-14-19-40(39)41)64(105)82-43(23-24-53(95)96)62(103)84-46(29-49(75)91)67(108)87-58-38(7)115-72(114)56(34(2)3)85-69(110)57(36(5)26-54(97)98)86-66(107)45(28-48(74)90)80-51(93)32-77-68(109)59(60(101)71(112)113)88-63(104)42(21-16-17-25-73)81-65(106)47(30-55(99)100)83-61(102)37(6)78-52(94)33-89(8)70(58)111/h14-15,19-20,31,34-38,42-47,56-60,76,101H,9-13,16-18,21-30,32-33,73H2,1-8H3,(H2,74,90)(H2,75,91)(H,77,109)(H,78,94)(H,79,92)(H,80,93)(H,81,106)(H,82,105)(H,83,102)(H,84,103)(H,85,110)(H,86,107)(H,87,108)(H,88,104)(H,95,96)(H,97,98)(H,99,100)(H,112,113). The highest BCUT2D eigenvalue weighted by Crippen LogP contribution is 2.22. The number of nitrogens with zero attached hydrogens (tertiary/aromatic N) is 1. The summed E-state index contributed by atoms with van der Waals surface area (Å²) in [5.41, 5.74) is 17.9. The van der Waals surface area contributed by atoms with Crippen LogP contribution >= 0.6 is 0 Å². The average Bonchev–Trinajstić information content (AvgIpc) is 1.69. The number of aliphatic carboxylic acids is 4. The molecule has 0 spiro atoms. The normalized spacial score (nSPS) is 21.9. The molecule has 15 atom stereocenters. The van der Waals surface area contributed by atoms with E-state index in [-0.39, 0.29) is 32.2 Å². The van der Waals surface area contributed by atoms with Crippen molar-refractivity contribution in [1.29, 1.82) is 0 Å². The van der Waals surface area contributed by atoms with E-state index in [4.69, 9.17) is 21.9 Å². The molecule has 638 valence electrons. The first kappa shape index (κ1) is 97.3. The Morgan fingerprint density at radius 1 is 0.591 bits per heavy atom. The molecule has 3 rings (SSSR count). The molecule has 1 aromatic carbocycles. The first-order valence-corrected chi connectivity index (χ1v) is 37.4. The predicted octanol–water partition coefficient (Wildman–Crippen LogP) is -5.60. The third kappa shape index (κ3) is 33.7. The summed E-state index contributed by atoms with van der Waals surface area (Å²) in [6.07, 6.45) is -4.63. The van der Waals surface area contributed by atoms with Gasteiger partial charge in [0.05, 0.1) is 38.8 Å². The minimum atomic E-state index is -2.83. The minimum Gasteiger partial charge on any atom is -0.481 e. The second-order valence-electron chi connectivity index (χ2n) is 28.6. The van der Waals surface area contributed by atoms with Gasteiger partial charge in [-0.3, -0.25) is 86.3 Å². The predicted molar refractivity (Wildman–Crippen MR) is 402 cm³/mol. The van der Waals surface area contributed by atoms with E-state index in [1.54, 1.807) is 30.5 Å². The largest absolute Gasteiger partial charge is 0.481 e. The lowest BCUT2D eigenvalue weighted by atomic mass is 9.95. The molecule has 0 aliphatic carbocycles. The number of unbranched alkanes of at least 4 members (excludes halogenated alkanes) is 4. The zero-order valence-electron chi connectivity index (χ0n) is 65.3. The van der Waals surface area contributed by atoms with Gasteiger partial charge in [0, 0.05) is 43.4 Å². The van der Waals surface area contributed by atoms with Crippen molar-refractivity contribution in [3.63, 3.8) is 0 Å². The van der Waals surface area contributed by atoms with Crippen LogP contribution in [0.1, 0.15) is 157 Å². The monoisotopic (exact) mass is 1630 g/mol. The van der Waals surface area contributed by atoms with Gasteiger partial charge in [-0.2, -0.15) is 0 Å². The Bertz CT molecular complexity index is 3830. The second-order valence-corrected chi connectivity index (χ2v) is 28.6. The Kier molecular flexibility index (Phi) is 40.8. The molecule has 43 heteroatoms. The van der Waals surface area contributed by atoms with Gasteiger partial charge in [-0.05, 0) is 81.9 Å². The van der Waals surface area contributed by atoms with Crippen molar-refractivity contribution in [1.82, 2.24) is 73.7 Å². The summed E-state index contributed by atoms with van der Waals surface area (Å²) in [7, 11) is 0.932. The molecule has 24 N–H and O–H groups in total. The number of H-pyrrole nitrogens is 1. The fourth-order valence-electron chi connectivity index (χ4n) is 11.9. The average molecular weight is 1630 g/mol. The Morgan fingerprint density at radius 2 is 1.19 bits per heavy atom. The van der Waals surface area contributed by atoms with E-state index in [2.05, 4.69) is 66.7 Å². The lowest BCUT2D eigenvalue weighted by Gasteiger charge is -2.32. The van der Waals surface area contributed by atoms with Crippen LogP contribution in [-0.4, -0.2) is 259 Å². The topological polar surface area (TPSA) is 693 Å². The summed E-state index contributed by atoms with van der Waals surface area (Å²) < 4.78 is 5.74. The van der Waals surface area contributed by atoms with Crippen LogP contribution in [-0.2, 0) is 107 Å².